The average molecular weight is 412 g/mol. The van der Waals surface area contributed by atoms with Crippen molar-refractivity contribution in [2.75, 3.05) is 20.7 Å². The van der Waals surface area contributed by atoms with Crippen molar-refractivity contribution in [1.82, 2.24) is 4.90 Å². The SMILES string of the molecule is COC(=O)C/C1=C\CN(C)C(=O)/C=C(\O)C2(C)N=CC(Cc3ccc(F)cc3)=CC12. The van der Waals surface area contributed by atoms with Gasteiger partial charge in [0.1, 0.15) is 17.1 Å². The minimum absolute atomic E-state index is 0.0158. The van der Waals surface area contributed by atoms with Crippen molar-refractivity contribution < 1.29 is 23.8 Å². The summed E-state index contributed by atoms with van der Waals surface area (Å²) in [6.45, 7) is 2.02. The molecule has 0 radical (unpaired) electrons. The second kappa shape index (κ2) is 8.65. The number of aliphatic hydroxyl groups is 1. The van der Waals surface area contributed by atoms with Crippen molar-refractivity contribution in [2.45, 2.75) is 25.3 Å². The molecule has 2 aliphatic heterocycles. The molecule has 0 saturated heterocycles. The molecule has 1 aromatic carbocycles. The van der Waals surface area contributed by atoms with Crippen molar-refractivity contribution in [2.24, 2.45) is 10.9 Å². The van der Waals surface area contributed by atoms with Crippen LogP contribution in [0.1, 0.15) is 18.9 Å². The van der Waals surface area contributed by atoms with E-state index in [4.69, 9.17) is 4.74 Å². The summed E-state index contributed by atoms with van der Waals surface area (Å²) in [6.07, 6.45) is 7.14. The summed E-state index contributed by atoms with van der Waals surface area (Å²) < 4.78 is 18.1. The van der Waals surface area contributed by atoms with Crippen LogP contribution < -0.4 is 0 Å². The Kier molecular flexibility index (Phi) is 6.20. The molecule has 30 heavy (non-hydrogen) atoms. The van der Waals surface area contributed by atoms with Gasteiger partial charge in [0.25, 0.3) is 0 Å². The van der Waals surface area contributed by atoms with Gasteiger partial charge in [-0.3, -0.25) is 14.6 Å². The first-order chi connectivity index (χ1) is 14.2. The highest BCUT2D eigenvalue weighted by Crippen LogP contribution is 2.40. The number of benzene rings is 1. The number of methoxy groups -OCH3 is 1. The number of esters is 1. The molecular weight excluding hydrogens is 387 g/mol. The molecule has 2 aliphatic rings. The van der Waals surface area contributed by atoms with E-state index in [1.807, 2.05) is 12.2 Å². The molecule has 158 valence electrons. The summed E-state index contributed by atoms with van der Waals surface area (Å²) in [4.78, 5) is 30.4. The predicted octanol–water partition coefficient (Wildman–Crippen LogP) is 3.16. The number of aliphatic hydroxyl groups excluding tert-OH is 1. The van der Waals surface area contributed by atoms with Crippen molar-refractivity contribution in [3.8, 4) is 0 Å². The highest BCUT2D eigenvalue weighted by molar-refractivity contribution is 5.89. The molecule has 0 bridgehead atoms. The van der Waals surface area contributed by atoms with Crippen LogP contribution in [0.15, 0.2) is 64.4 Å². The van der Waals surface area contributed by atoms with Crippen LogP contribution in [0.5, 0.6) is 0 Å². The summed E-state index contributed by atoms with van der Waals surface area (Å²) >= 11 is 0. The van der Waals surface area contributed by atoms with Gasteiger partial charge in [-0.15, -0.1) is 0 Å². The molecule has 0 saturated carbocycles. The predicted molar refractivity (Wildman–Crippen MR) is 112 cm³/mol. The van der Waals surface area contributed by atoms with E-state index in [1.54, 1.807) is 32.3 Å². The van der Waals surface area contributed by atoms with Crippen molar-refractivity contribution >= 4 is 18.1 Å². The lowest BCUT2D eigenvalue weighted by molar-refractivity contribution is -0.139. The van der Waals surface area contributed by atoms with Gasteiger partial charge in [-0.2, -0.15) is 0 Å². The Morgan fingerprint density at radius 1 is 1.37 bits per heavy atom. The van der Waals surface area contributed by atoms with Crippen molar-refractivity contribution in [3.63, 3.8) is 0 Å². The number of carbonyl (C=O) groups excluding carboxylic acids is 2. The van der Waals surface area contributed by atoms with Crippen LogP contribution in [0.3, 0.4) is 0 Å². The first-order valence-electron chi connectivity index (χ1n) is 9.65. The number of nitrogens with zero attached hydrogens (tertiary/aromatic N) is 2. The van der Waals surface area contributed by atoms with Gasteiger partial charge in [0.15, 0.2) is 0 Å². The first kappa shape index (κ1) is 21.5. The Morgan fingerprint density at radius 2 is 2.07 bits per heavy atom. The molecule has 2 heterocycles. The Morgan fingerprint density at radius 3 is 2.73 bits per heavy atom. The van der Waals surface area contributed by atoms with E-state index in [0.717, 1.165) is 11.1 Å². The number of hydrogen-bond donors (Lipinski definition) is 1. The standard InChI is InChI=1S/C23H25FN2O4/c1-23-19(11-16(14-25-23)10-15-4-6-18(24)7-5-15)17(12-22(29)30-3)8-9-26(2)21(28)13-20(23)27/h4-8,11,13-14,19,27H,9-10,12H2,1-3H3/b17-8+,20-13-. The van der Waals surface area contributed by atoms with Gasteiger partial charge in [-0.25, -0.2) is 4.39 Å². The maximum atomic E-state index is 13.2. The average Bonchev–Trinajstić information content (AvgIpc) is 2.75. The number of carbonyl (C=O) groups is 2. The topological polar surface area (TPSA) is 79.2 Å². The summed E-state index contributed by atoms with van der Waals surface area (Å²) in [7, 11) is 2.94. The highest BCUT2D eigenvalue weighted by Gasteiger charge is 2.42. The first-order valence-corrected chi connectivity index (χ1v) is 9.65. The van der Waals surface area contributed by atoms with Crippen LogP contribution in [0, 0.1) is 11.7 Å². The fourth-order valence-electron chi connectivity index (χ4n) is 3.62. The van der Waals surface area contributed by atoms with Crippen molar-refractivity contribution in [3.05, 3.63) is 70.8 Å². The molecule has 0 aliphatic carbocycles. The maximum absolute atomic E-state index is 13.2. The van der Waals surface area contributed by atoms with Gasteiger partial charge < -0.3 is 14.7 Å². The van der Waals surface area contributed by atoms with Crippen LogP contribution in [-0.2, 0) is 20.7 Å². The molecule has 1 amide bonds. The van der Waals surface area contributed by atoms with Crippen molar-refractivity contribution in [1.29, 1.82) is 0 Å². The third-order valence-electron chi connectivity index (χ3n) is 5.56. The van der Waals surface area contributed by atoms with E-state index in [-0.39, 0.29) is 30.4 Å². The lowest BCUT2D eigenvalue weighted by Crippen LogP contribution is -2.38. The minimum Gasteiger partial charge on any atom is -0.509 e. The molecule has 7 heteroatoms. The number of allylic oxidation sites excluding steroid dienone is 1. The molecule has 2 atom stereocenters. The number of rotatable bonds is 4. The lowest BCUT2D eigenvalue weighted by atomic mass is 9.75. The van der Waals surface area contributed by atoms with E-state index in [0.29, 0.717) is 12.0 Å². The van der Waals surface area contributed by atoms with Gasteiger partial charge in [0, 0.05) is 31.8 Å². The number of fused-ring (bicyclic) bond motifs is 1. The van der Waals surface area contributed by atoms with Crippen LogP contribution in [0.25, 0.3) is 0 Å². The number of ether oxygens (including phenoxy) is 1. The highest BCUT2D eigenvalue weighted by atomic mass is 19.1. The van der Waals surface area contributed by atoms with Crippen LogP contribution in [-0.4, -0.2) is 54.3 Å². The van der Waals surface area contributed by atoms with Gasteiger partial charge >= 0.3 is 5.97 Å². The van der Waals surface area contributed by atoms with Crippen LogP contribution in [0.2, 0.25) is 0 Å². The molecule has 6 nitrogen and oxygen atoms in total. The zero-order valence-corrected chi connectivity index (χ0v) is 17.3. The van der Waals surface area contributed by atoms with E-state index in [1.165, 1.54) is 30.2 Å². The number of hydrogen-bond acceptors (Lipinski definition) is 5. The van der Waals surface area contributed by atoms with Gasteiger partial charge in [0.2, 0.25) is 5.91 Å². The summed E-state index contributed by atoms with van der Waals surface area (Å²) in [5.41, 5.74) is 1.35. The smallest absolute Gasteiger partial charge is 0.309 e. The van der Waals surface area contributed by atoms with Crippen LogP contribution >= 0.6 is 0 Å². The molecule has 2 unspecified atom stereocenters. The molecule has 1 aromatic rings. The third-order valence-corrected chi connectivity index (χ3v) is 5.56. The molecule has 3 rings (SSSR count). The second-order valence-corrected chi connectivity index (χ2v) is 7.71. The number of likely N-dealkylation sites (N-methyl/N-ethyl adjacent to an activating group) is 1. The number of halogens is 1. The molecule has 0 spiro atoms. The Balaban J connectivity index is 2.04. The molecule has 0 aromatic heterocycles. The Labute approximate surface area is 175 Å². The largest absolute Gasteiger partial charge is 0.509 e. The normalized spacial score (nSPS) is 27.5. The zero-order valence-electron chi connectivity index (χ0n) is 17.3. The zero-order chi connectivity index (χ0) is 21.9. The van der Waals surface area contributed by atoms with Gasteiger partial charge in [-0.1, -0.05) is 29.9 Å². The fourth-order valence-corrected chi connectivity index (χ4v) is 3.62. The monoisotopic (exact) mass is 412 g/mol. The number of dihydropyridines is 1. The summed E-state index contributed by atoms with van der Waals surface area (Å²) in [6, 6.07) is 6.21. The number of amides is 1. The fraction of sp³-hybridized carbons (Fsp3) is 0.348. The summed E-state index contributed by atoms with van der Waals surface area (Å²) in [5.74, 6) is -1.69. The number of aliphatic imine (C=N–C) groups is 1. The quantitative estimate of drug-likeness (QED) is 0.609. The Bertz CT molecular complexity index is 962. The third kappa shape index (κ3) is 4.50. The minimum atomic E-state index is -1.13. The lowest BCUT2D eigenvalue weighted by Gasteiger charge is -2.36. The molecule has 1 N–H and O–H groups in total. The van der Waals surface area contributed by atoms with E-state index in [2.05, 4.69) is 4.99 Å². The van der Waals surface area contributed by atoms with Gasteiger partial charge in [0.05, 0.1) is 13.5 Å². The van der Waals surface area contributed by atoms with E-state index >= 15 is 0 Å². The van der Waals surface area contributed by atoms with E-state index < -0.39 is 17.4 Å². The summed E-state index contributed by atoms with van der Waals surface area (Å²) in [5, 5.41) is 10.8. The Hall–Kier alpha value is -3.22. The molecular formula is C23H25FN2O4. The van der Waals surface area contributed by atoms with Crippen LogP contribution in [0.4, 0.5) is 4.39 Å². The molecule has 0 fully saturated rings. The second-order valence-electron chi connectivity index (χ2n) is 7.71. The maximum Gasteiger partial charge on any atom is 0.309 e. The van der Waals surface area contributed by atoms with Gasteiger partial charge in [-0.05, 0) is 36.6 Å². The van der Waals surface area contributed by atoms with E-state index in [9.17, 15) is 19.1 Å².